The van der Waals surface area contributed by atoms with Crippen molar-refractivity contribution in [2.45, 2.75) is 46.0 Å². The van der Waals surface area contributed by atoms with E-state index < -0.39 is 5.41 Å². The molecule has 0 N–H and O–H groups in total. The first-order valence-electron chi connectivity index (χ1n) is 9.00. The van der Waals surface area contributed by atoms with Gasteiger partial charge in [-0.2, -0.15) is 0 Å². The van der Waals surface area contributed by atoms with Crippen LogP contribution in [0.5, 0.6) is 0 Å². The monoisotopic (exact) mass is 333 g/mol. The number of nitrogens with zero attached hydrogens (tertiary/aromatic N) is 1. The predicted molar refractivity (Wildman–Crippen MR) is 104 cm³/mol. The second kappa shape index (κ2) is 6.59. The van der Waals surface area contributed by atoms with Crippen molar-refractivity contribution in [3.63, 3.8) is 0 Å². The molecule has 0 amide bonds. The van der Waals surface area contributed by atoms with E-state index in [0.29, 0.717) is 0 Å². The van der Waals surface area contributed by atoms with Crippen molar-refractivity contribution in [1.82, 2.24) is 0 Å². The Labute approximate surface area is 151 Å². The van der Waals surface area contributed by atoms with Gasteiger partial charge in [0.2, 0.25) is 0 Å². The lowest BCUT2D eigenvalue weighted by Crippen LogP contribution is -2.43. The molecule has 3 rings (SSSR count). The van der Waals surface area contributed by atoms with Gasteiger partial charge in [0.1, 0.15) is 0 Å². The van der Waals surface area contributed by atoms with Crippen molar-refractivity contribution in [2.75, 3.05) is 6.54 Å². The Bertz CT molecular complexity index is 804. The number of aliphatic imine (C=N–C) groups is 1. The van der Waals surface area contributed by atoms with Crippen LogP contribution in [0.25, 0.3) is 0 Å². The van der Waals surface area contributed by atoms with Crippen molar-refractivity contribution >= 4 is 11.5 Å². The molecule has 25 heavy (non-hydrogen) atoms. The fourth-order valence-corrected chi connectivity index (χ4v) is 4.23. The number of hydrogen-bond acceptors (Lipinski definition) is 2. The topological polar surface area (TPSA) is 29.4 Å². The summed E-state index contributed by atoms with van der Waals surface area (Å²) in [6, 6.07) is 18.5. The van der Waals surface area contributed by atoms with Gasteiger partial charge in [-0.05, 0) is 48.8 Å². The molecule has 1 aliphatic carbocycles. The third-order valence-electron chi connectivity index (χ3n) is 5.38. The van der Waals surface area contributed by atoms with E-state index in [1.165, 1.54) is 11.1 Å². The number of ketones is 1. The summed E-state index contributed by atoms with van der Waals surface area (Å²) in [6.45, 7) is 8.83. The van der Waals surface area contributed by atoms with Gasteiger partial charge in [-0.1, -0.05) is 68.4 Å². The van der Waals surface area contributed by atoms with Crippen LogP contribution in [0.15, 0.2) is 59.6 Å². The van der Waals surface area contributed by atoms with Gasteiger partial charge in [0.15, 0.2) is 5.78 Å². The van der Waals surface area contributed by atoms with Crippen molar-refractivity contribution in [1.29, 1.82) is 0 Å². The van der Waals surface area contributed by atoms with Gasteiger partial charge >= 0.3 is 0 Å². The summed E-state index contributed by atoms with van der Waals surface area (Å²) in [7, 11) is 0. The number of benzene rings is 2. The Morgan fingerprint density at radius 3 is 2.36 bits per heavy atom. The number of carbonyl (C=O) groups is 1. The van der Waals surface area contributed by atoms with Crippen LogP contribution in [0, 0.1) is 5.41 Å². The predicted octanol–water partition coefficient (Wildman–Crippen LogP) is 5.00. The van der Waals surface area contributed by atoms with Crippen LogP contribution in [-0.2, 0) is 16.6 Å². The first-order chi connectivity index (χ1) is 11.8. The maximum Gasteiger partial charge on any atom is 0.164 e. The third kappa shape index (κ3) is 3.58. The van der Waals surface area contributed by atoms with Gasteiger partial charge in [-0.15, -0.1) is 0 Å². The molecule has 1 aliphatic rings. The molecule has 0 saturated carbocycles. The normalized spacial score (nSPS) is 22.3. The first-order valence-corrected chi connectivity index (χ1v) is 9.00. The van der Waals surface area contributed by atoms with E-state index in [9.17, 15) is 4.79 Å². The van der Waals surface area contributed by atoms with E-state index in [4.69, 9.17) is 0 Å². The van der Waals surface area contributed by atoms with Crippen LogP contribution < -0.4 is 0 Å². The minimum Gasteiger partial charge on any atom is -0.297 e. The summed E-state index contributed by atoms with van der Waals surface area (Å²) in [5.41, 5.74) is 4.14. The van der Waals surface area contributed by atoms with Crippen molar-refractivity contribution < 1.29 is 4.79 Å². The van der Waals surface area contributed by atoms with Gasteiger partial charge in [0.25, 0.3) is 0 Å². The zero-order valence-corrected chi connectivity index (χ0v) is 15.7. The number of rotatable bonds is 4. The summed E-state index contributed by atoms with van der Waals surface area (Å²) in [6.07, 6.45) is 1.90. The van der Waals surface area contributed by atoms with Crippen LogP contribution in [-0.4, -0.2) is 18.0 Å². The summed E-state index contributed by atoms with van der Waals surface area (Å²) in [5, 5.41) is 0. The van der Waals surface area contributed by atoms with Gasteiger partial charge in [-0.3, -0.25) is 9.79 Å². The molecule has 0 radical (unpaired) electrons. The molecular formula is C23H27NO. The second-order valence-corrected chi connectivity index (χ2v) is 8.20. The molecule has 2 nitrogen and oxygen atoms in total. The summed E-state index contributed by atoms with van der Waals surface area (Å²) < 4.78 is 0. The highest BCUT2D eigenvalue weighted by molar-refractivity contribution is 6.01. The van der Waals surface area contributed by atoms with Gasteiger partial charge in [-0.25, -0.2) is 0 Å². The smallest absolute Gasteiger partial charge is 0.164 e. The Morgan fingerprint density at radius 1 is 1.00 bits per heavy atom. The first kappa shape index (κ1) is 17.6. The lowest BCUT2D eigenvalue weighted by atomic mass is 9.60. The summed E-state index contributed by atoms with van der Waals surface area (Å²) >= 11 is 0. The van der Waals surface area contributed by atoms with Gasteiger partial charge in [0, 0.05) is 5.71 Å². The van der Waals surface area contributed by atoms with E-state index in [1.54, 1.807) is 0 Å². The highest BCUT2D eigenvalue weighted by Gasteiger charge is 2.44. The SMILES string of the molecule is CC(=NCC(=O)[C@@]1(C)CC(C)(C)Cc2ccccc21)c1ccccc1. The van der Waals surface area contributed by atoms with Crippen LogP contribution in [0.2, 0.25) is 0 Å². The quantitative estimate of drug-likeness (QED) is 0.724. The molecule has 0 bridgehead atoms. The molecule has 0 fully saturated rings. The van der Waals surface area contributed by atoms with Crippen molar-refractivity contribution in [3.05, 3.63) is 71.3 Å². The van der Waals surface area contributed by atoms with Crippen molar-refractivity contribution in [2.24, 2.45) is 10.4 Å². The number of carbonyl (C=O) groups excluding carboxylic acids is 1. The van der Waals surface area contributed by atoms with E-state index >= 15 is 0 Å². The minimum absolute atomic E-state index is 0.122. The van der Waals surface area contributed by atoms with Crippen LogP contribution >= 0.6 is 0 Å². The summed E-state index contributed by atoms with van der Waals surface area (Å²) in [4.78, 5) is 17.8. The standard InChI is InChI=1S/C23H27NO/c1-17(18-10-6-5-7-11-18)24-15-21(25)23(4)16-22(2,3)14-19-12-8-9-13-20(19)23/h5-13H,14-16H2,1-4H3/t23-/m0/s1. The van der Waals surface area contributed by atoms with Crippen LogP contribution in [0.3, 0.4) is 0 Å². The molecule has 0 heterocycles. The molecule has 2 heteroatoms. The molecule has 2 aromatic rings. The Kier molecular flexibility index (Phi) is 4.64. The largest absolute Gasteiger partial charge is 0.297 e. The molecule has 130 valence electrons. The Balaban J connectivity index is 1.88. The fraction of sp³-hybridized carbons (Fsp3) is 0.391. The molecule has 0 unspecified atom stereocenters. The highest BCUT2D eigenvalue weighted by atomic mass is 16.1. The molecule has 0 saturated heterocycles. The Morgan fingerprint density at radius 2 is 1.64 bits per heavy atom. The maximum absolute atomic E-state index is 13.2. The molecule has 1 atom stereocenters. The van der Waals surface area contributed by atoms with E-state index in [-0.39, 0.29) is 17.7 Å². The zero-order valence-electron chi connectivity index (χ0n) is 15.7. The number of Topliss-reactive ketones (excluding diaryl/α,β-unsaturated/α-hetero) is 1. The van der Waals surface area contributed by atoms with E-state index in [0.717, 1.165) is 24.1 Å². The van der Waals surface area contributed by atoms with E-state index in [1.807, 2.05) is 43.3 Å². The molecule has 2 aromatic carbocycles. The van der Waals surface area contributed by atoms with Crippen molar-refractivity contribution in [3.8, 4) is 0 Å². The fourth-order valence-electron chi connectivity index (χ4n) is 4.23. The molecule has 0 aromatic heterocycles. The van der Waals surface area contributed by atoms with Gasteiger partial charge < -0.3 is 0 Å². The average molecular weight is 333 g/mol. The molecule has 0 aliphatic heterocycles. The lowest BCUT2D eigenvalue weighted by Gasteiger charge is -2.43. The lowest BCUT2D eigenvalue weighted by molar-refractivity contribution is -0.124. The minimum atomic E-state index is -0.460. The molecular weight excluding hydrogens is 306 g/mol. The average Bonchev–Trinajstić information content (AvgIpc) is 2.59. The van der Waals surface area contributed by atoms with Gasteiger partial charge in [0.05, 0.1) is 12.0 Å². The number of fused-ring (bicyclic) bond motifs is 1. The number of hydrogen-bond donors (Lipinski definition) is 0. The Hall–Kier alpha value is -2.22. The van der Waals surface area contributed by atoms with Crippen LogP contribution in [0.4, 0.5) is 0 Å². The zero-order chi connectivity index (χ0) is 18.1. The summed E-state index contributed by atoms with van der Waals surface area (Å²) in [5.74, 6) is 0.211. The van der Waals surface area contributed by atoms with Crippen LogP contribution in [0.1, 0.15) is 50.8 Å². The third-order valence-corrected chi connectivity index (χ3v) is 5.38. The second-order valence-electron chi connectivity index (χ2n) is 8.20. The molecule has 0 spiro atoms. The van der Waals surface area contributed by atoms with E-state index in [2.05, 4.69) is 44.0 Å². The maximum atomic E-state index is 13.2. The highest BCUT2D eigenvalue weighted by Crippen LogP contribution is 2.46.